The largest absolute Gasteiger partial charge is 0.383 e. The third-order valence-corrected chi connectivity index (χ3v) is 1.62. The van der Waals surface area contributed by atoms with Gasteiger partial charge in [-0.05, 0) is 0 Å². The molecule has 1 aromatic heterocycles. The van der Waals surface area contributed by atoms with Crippen LogP contribution < -0.4 is 5.32 Å². The van der Waals surface area contributed by atoms with Crippen LogP contribution in [0.15, 0.2) is 18.6 Å². The van der Waals surface area contributed by atoms with Crippen molar-refractivity contribution < 1.29 is 9.53 Å². The van der Waals surface area contributed by atoms with Gasteiger partial charge in [0.15, 0.2) is 5.78 Å². The van der Waals surface area contributed by atoms with Crippen LogP contribution in [-0.2, 0) is 4.74 Å². The molecule has 0 aliphatic carbocycles. The maximum Gasteiger partial charge on any atom is 0.196 e. The molecule has 5 heteroatoms. The number of hydrogen-bond donors (Lipinski definition) is 1. The van der Waals surface area contributed by atoms with Crippen molar-refractivity contribution in [1.82, 2.24) is 15.3 Å². The van der Waals surface area contributed by atoms with Crippen LogP contribution in [0.4, 0.5) is 0 Å². The Labute approximate surface area is 82.5 Å². The molecular weight excluding hydrogens is 182 g/mol. The fourth-order valence-corrected chi connectivity index (χ4v) is 0.910. The zero-order valence-electron chi connectivity index (χ0n) is 8.06. The molecule has 0 spiro atoms. The molecule has 0 atom stereocenters. The molecule has 0 unspecified atom stereocenters. The highest BCUT2D eigenvalue weighted by Crippen LogP contribution is 1.90. The Morgan fingerprint density at radius 1 is 1.57 bits per heavy atom. The SMILES string of the molecule is COCCNCC(=O)c1cnccn1. The highest BCUT2D eigenvalue weighted by atomic mass is 16.5. The third kappa shape index (κ3) is 3.59. The van der Waals surface area contributed by atoms with E-state index in [1.165, 1.54) is 18.6 Å². The molecule has 14 heavy (non-hydrogen) atoms. The number of methoxy groups -OCH3 is 1. The Morgan fingerprint density at radius 2 is 2.43 bits per heavy atom. The predicted octanol–water partition coefficient (Wildman–Crippen LogP) is -0.105. The number of carbonyl (C=O) groups excluding carboxylic acids is 1. The van der Waals surface area contributed by atoms with Crippen molar-refractivity contribution in [3.63, 3.8) is 0 Å². The molecule has 0 saturated carbocycles. The zero-order valence-corrected chi connectivity index (χ0v) is 8.06. The Morgan fingerprint density at radius 3 is 3.07 bits per heavy atom. The van der Waals surface area contributed by atoms with E-state index >= 15 is 0 Å². The molecular formula is C9H13N3O2. The molecule has 0 amide bonds. The molecule has 1 N–H and O–H groups in total. The minimum absolute atomic E-state index is 0.0609. The molecule has 76 valence electrons. The lowest BCUT2D eigenvalue weighted by atomic mass is 10.3. The van der Waals surface area contributed by atoms with Gasteiger partial charge >= 0.3 is 0 Å². The molecule has 0 aliphatic rings. The van der Waals surface area contributed by atoms with Crippen LogP contribution in [0.1, 0.15) is 10.5 Å². The van der Waals surface area contributed by atoms with Gasteiger partial charge in [0.1, 0.15) is 5.69 Å². The quantitative estimate of drug-likeness (QED) is 0.507. The molecule has 5 nitrogen and oxygen atoms in total. The molecule has 0 aliphatic heterocycles. The van der Waals surface area contributed by atoms with E-state index in [0.29, 0.717) is 18.8 Å². The topological polar surface area (TPSA) is 64.1 Å². The molecule has 0 bridgehead atoms. The summed E-state index contributed by atoms with van der Waals surface area (Å²) in [6.07, 6.45) is 4.50. The van der Waals surface area contributed by atoms with Gasteiger partial charge in [-0.25, -0.2) is 4.98 Å². The summed E-state index contributed by atoms with van der Waals surface area (Å²) < 4.78 is 4.83. The lowest BCUT2D eigenvalue weighted by molar-refractivity contribution is 0.0982. The number of nitrogens with zero attached hydrogens (tertiary/aromatic N) is 2. The average Bonchev–Trinajstić information content (AvgIpc) is 2.25. The van der Waals surface area contributed by atoms with Crippen molar-refractivity contribution in [2.45, 2.75) is 0 Å². The van der Waals surface area contributed by atoms with E-state index in [1.807, 2.05) is 0 Å². The van der Waals surface area contributed by atoms with Gasteiger partial charge in [-0.15, -0.1) is 0 Å². The minimum atomic E-state index is -0.0609. The normalized spacial score (nSPS) is 10.1. The van der Waals surface area contributed by atoms with Crippen molar-refractivity contribution >= 4 is 5.78 Å². The predicted molar refractivity (Wildman–Crippen MR) is 51.1 cm³/mol. The van der Waals surface area contributed by atoms with Gasteiger partial charge in [0.2, 0.25) is 0 Å². The summed E-state index contributed by atoms with van der Waals surface area (Å²) in [6, 6.07) is 0. The third-order valence-electron chi connectivity index (χ3n) is 1.62. The second-order valence-corrected chi connectivity index (χ2v) is 2.68. The smallest absolute Gasteiger partial charge is 0.196 e. The van der Waals surface area contributed by atoms with E-state index in [9.17, 15) is 4.79 Å². The molecule has 1 rings (SSSR count). The molecule has 1 aromatic rings. The number of rotatable bonds is 6. The van der Waals surface area contributed by atoms with Crippen LogP contribution in [-0.4, -0.2) is 42.6 Å². The van der Waals surface area contributed by atoms with Crippen LogP contribution in [0.3, 0.4) is 0 Å². The van der Waals surface area contributed by atoms with E-state index in [2.05, 4.69) is 15.3 Å². The van der Waals surface area contributed by atoms with Crippen LogP contribution in [0.2, 0.25) is 0 Å². The van der Waals surface area contributed by atoms with Crippen molar-refractivity contribution in [1.29, 1.82) is 0 Å². The van der Waals surface area contributed by atoms with Crippen LogP contribution in [0.25, 0.3) is 0 Å². The summed E-state index contributed by atoms with van der Waals surface area (Å²) in [4.78, 5) is 19.1. The van der Waals surface area contributed by atoms with E-state index in [0.717, 1.165) is 0 Å². The fourth-order valence-electron chi connectivity index (χ4n) is 0.910. The van der Waals surface area contributed by atoms with E-state index in [1.54, 1.807) is 7.11 Å². The Balaban J connectivity index is 2.29. The number of ether oxygens (including phenoxy) is 1. The molecule has 0 radical (unpaired) electrons. The molecule has 0 fully saturated rings. The van der Waals surface area contributed by atoms with Crippen molar-refractivity contribution in [3.8, 4) is 0 Å². The zero-order chi connectivity index (χ0) is 10.2. The number of aromatic nitrogens is 2. The van der Waals surface area contributed by atoms with Gasteiger partial charge in [0.25, 0.3) is 0 Å². The van der Waals surface area contributed by atoms with Gasteiger partial charge in [0, 0.05) is 26.0 Å². The van der Waals surface area contributed by atoms with Crippen LogP contribution >= 0.6 is 0 Å². The van der Waals surface area contributed by atoms with Crippen LogP contribution in [0.5, 0.6) is 0 Å². The Hall–Kier alpha value is -1.33. The summed E-state index contributed by atoms with van der Waals surface area (Å²) in [7, 11) is 1.62. The van der Waals surface area contributed by atoms with E-state index < -0.39 is 0 Å². The molecule has 0 aromatic carbocycles. The first-order valence-corrected chi connectivity index (χ1v) is 4.33. The van der Waals surface area contributed by atoms with Crippen molar-refractivity contribution in [3.05, 3.63) is 24.3 Å². The highest BCUT2D eigenvalue weighted by molar-refractivity contribution is 5.95. The van der Waals surface area contributed by atoms with Gasteiger partial charge in [-0.2, -0.15) is 0 Å². The average molecular weight is 195 g/mol. The standard InChI is InChI=1S/C9H13N3O2/c1-14-5-4-11-7-9(13)8-6-10-2-3-12-8/h2-3,6,11H,4-5,7H2,1H3. The first-order valence-electron chi connectivity index (χ1n) is 4.33. The minimum Gasteiger partial charge on any atom is -0.383 e. The number of hydrogen-bond acceptors (Lipinski definition) is 5. The second-order valence-electron chi connectivity index (χ2n) is 2.68. The molecule has 1 heterocycles. The van der Waals surface area contributed by atoms with Gasteiger partial charge in [-0.3, -0.25) is 9.78 Å². The van der Waals surface area contributed by atoms with Gasteiger partial charge in [0.05, 0.1) is 19.3 Å². The van der Waals surface area contributed by atoms with E-state index in [-0.39, 0.29) is 12.3 Å². The maximum absolute atomic E-state index is 11.4. The first kappa shape index (κ1) is 10.7. The van der Waals surface area contributed by atoms with Crippen molar-refractivity contribution in [2.75, 3.05) is 26.8 Å². The van der Waals surface area contributed by atoms with E-state index in [4.69, 9.17) is 4.74 Å². The lowest BCUT2D eigenvalue weighted by Crippen LogP contribution is -2.26. The first-order chi connectivity index (χ1) is 6.84. The summed E-state index contributed by atoms with van der Waals surface area (Å²) in [5.41, 5.74) is 0.386. The molecule has 0 saturated heterocycles. The maximum atomic E-state index is 11.4. The summed E-state index contributed by atoms with van der Waals surface area (Å²) >= 11 is 0. The number of Topliss-reactive ketones (excluding diaryl/α,β-unsaturated/α-hetero) is 1. The second kappa shape index (κ2) is 6.17. The van der Waals surface area contributed by atoms with Crippen LogP contribution in [0, 0.1) is 0 Å². The number of nitrogens with one attached hydrogen (secondary N) is 1. The summed E-state index contributed by atoms with van der Waals surface area (Å²) in [6.45, 7) is 1.51. The Bertz CT molecular complexity index is 277. The monoisotopic (exact) mass is 195 g/mol. The highest BCUT2D eigenvalue weighted by Gasteiger charge is 2.05. The Kier molecular flexibility index (Phi) is 4.74. The van der Waals surface area contributed by atoms with Crippen molar-refractivity contribution in [2.24, 2.45) is 0 Å². The van der Waals surface area contributed by atoms with Gasteiger partial charge < -0.3 is 10.1 Å². The number of carbonyl (C=O) groups is 1. The lowest BCUT2D eigenvalue weighted by Gasteiger charge is -2.01. The summed E-state index contributed by atoms with van der Waals surface area (Å²) in [5, 5.41) is 2.94. The summed E-state index contributed by atoms with van der Waals surface area (Å²) in [5.74, 6) is -0.0609. The van der Waals surface area contributed by atoms with Gasteiger partial charge in [-0.1, -0.05) is 0 Å². The number of ketones is 1. The fraction of sp³-hybridized carbons (Fsp3) is 0.444.